The zero-order chi connectivity index (χ0) is 15.2. The zero-order valence-corrected chi connectivity index (χ0v) is 12.9. The van der Waals surface area contributed by atoms with Crippen molar-refractivity contribution >= 4 is 5.78 Å². The molecule has 2 heteroatoms. The van der Waals surface area contributed by atoms with Gasteiger partial charge in [0, 0.05) is 17.5 Å². The van der Waals surface area contributed by atoms with E-state index in [1.165, 1.54) is 5.56 Å². The smallest absolute Gasteiger partial charge is 0.167 e. The summed E-state index contributed by atoms with van der Waals surface area (Å²) in [4.78, 5) is 12.4. The highest BCUT2D eigenvalue weighted by Crippen LogP contribution is 2.21. The number of para-hydroxylation sites is 1. The first-order chi connectivity index (χ1) is 10.2. The predicted molar refractivity (Wildman–Crippen MR) is 86.2 cm³/mol. The summed E-state index contributed by atoms with van der Waals surface area (Å²) < 4.78 is 5.29. The van der Waals surface area contributed by atoms with Crippen molar-refractivity contribution in [1.82, 2.24) is 0 Å². The molecule has 0 heterocycles. The zero-order valence-electron chi connectivity index (χ0n) is 12.9. The van der Waals surface area contributed by atoms with Gasteiger partial charge in [0.2, 0.25) is 0 Å². The van der Waals surface area contributed by atoms with Gasteiger partial charge in [-0.15, -0.1) is 0 Å². The fourth-order valence-electron chi connectivity index (χ4n) is 2.36. The maximum Gasteiger partial charge on any atom is 0.167 e. The van der Waals surface area contributed by atoms with Gasteiger partial charge >= 0.3 is 0 Å². The average Bonchev–Trinajstić information content (AvgIpc) is 2.54. The lowest BCUT2D eigenvalue weighted by Crippen LogP contribution is -2.05. The number of rotatable bonds is 6. The molecule has 0 spiro atoms. The number of benzene rings is 2. The van der Waals surface area contributed by atoms with Crippen LogP contribution in [0.25, 0.3) is 0 Å². The van der Waals surface area contributed by atoms with E-state index in [-0.39, 0.29) is 5.78 Å². The SMILES string of the molecule is CCC(C)c1ccc(C(=O)Cc2ccccc2OC)cc1. The largest absolute Gasteiger partial charge is 0.496 e. The molecule has 0 aliphatic rings. The highest BCUT2D eigenvalue weighted by Gasteiger charge is 2.11. The number of ketones is 1. The predicted octanol–water partition coefficient (Wildman–Crippen LogP) is 4.63. The van der Waals surface area contributed by atoms with Crippen molar-refractivity contribution in [3.05, 3.63) is 65.2 Å². The summed E-state index contributed by atoms with van der Waals surface area (Å²) in [7, 11) is 1.63. The standard InChI is InChI=1S/C19H22O2/c1-4-14(2)15-9-11-16(12-10-15)18(20)13-17-7-5-6-8-19(17)21-3/h5-12,14H,4,13H2,1-3H3. The molecule has 110 valence electrons. The monoisotopic (exact) mass is 282 g/mol. The number of Topliss-reactive ketones (excluding diaryl/α,β-unsaturated/α-hetero) is 1. The fourth-order valence-corrected chi connectivity index (χ4v) is 2.36. The summed E-state index contributed by atoms with van der Waals surface area (Å²) in [6.07, 6.45) is 1.47. The maximum atomic E-state index is 12.4. The van der Waals surface area contributed by atoms with E-state index >= 15 is 0 Å². The lowest BCUT2D eigenvalue weighted by molar-refractivity contribution is 0.0992. The quantitative estimate of drug-likeness (QED) is 0.722. The van der Waals surface area contributed by atoms with Gasteiger partial charge < -0.3 is 4.74 Å². The minimum absolute atomic E-state index is 0.121. The van der Waals surface area contributed by atoms with Gasteiger partial charge in [-0.3, -0.25) is 4.79 Å². The van der Waals surface area contributed by atoms with E-state index in [0.717, 1.165) is 23.3 Å². The Bertz CT molecular complexity index is 599. The van der Waals surface area contributed by atoms with Gasteiger partial charge in [0.05, 0.1) is 7.11 Å². The Morgan fingerprint density at radius 2 is 1.76 bits per heavy atom. The van der Waals surface area contributed by atoms with Crippen molar-refractivity contribution in [2.75, 3.05) is 7.11 Å². The van der Waals surface area contributed by atoms with Gasteiger partial charge in [-0.2, -0.15) is 0 Å². The van der Waals surface area contributed by atoms with Crippen LogP contribution < -0.4 is 4.74 Å². The molecule has 0 saturated carbocycles. The third kappa shape index (κ3) is 3.72. The summed E-state index contributed by atoms with van der Waals surface area (Å²) >= 11 is 0. The highest BCUT2D eigenvalue weighted by atomic mass is 16.5. The molecule has 2 rings (SSSR count). The van der Waals surface area contributed by atoms with Crippen molar-refractivity contribution < 1.29 is 9.53 Å². The first-order valence-corrected chi connectivity index (χ1v) is 7.40. The normalized spacial score (nSPS) is 12.0. The van der Waals surface area contributed by atoms with E-state index in [9.17, 15) is 4.79 Å². The van der Waals surface area contributed by atoms with Crippen LogP contribution in [0.15, 0.2) is 48.5 Å². The van der Waals surface area contributed by atoms with Crippen LogP contribution in [0.1, 0.15) is 47.7 Å². The molecular formula is C19H22O2. The van der Waals surface area contributed by atoms with E-state index in [1.807, 2.05) is 36.4 Å². The molecule has 1 atom stereocenters. The van der Waals surface area contributed by atoms with Crippen molar-refractivity contribution in [3.63, 3.8) is 0 Å². The second-order valence-corrected chi connectivity index (χ2v) is 5.34. The molecular weight excluding hydrogens is 260 g/mol. The van der Waals surface area contributed by atoms with Gasteiger partial charge in [-0.05, 0) is 24.0 Å². The molecule has 0 radical (unpaired) electrons. The van der Waals surface area contributed by atoms with Crippen LogP contribution in [0.2, 0.25) is 0 Å². The number of carbonyl (C=O) groups is 1. The van der Waals surface area contributed by atoms with Crippen molar-refractivity contribution in [2.24, 2.45) is 0 Å². The van der Waals surface area contributed by atoms with Crippen LogP contribution in [0, 0.1) is 0 Å². The summed E-state index contributed by atoms with van der Waals surface area (Å²) in [6, 6.07) is 15.6. The van der Waals surface area contributed by atoms with Gasteiger partial charge in [0.15, 0.2) is 5.78 Å². The second-order valence-electron chi connectivity index (χ2n) is 5.34. The molecule has 0 bridgehead atoms. The molecule has 2 aromatic rings. The van der Waals surface area contributed by atoms with Crippen LogP contribution in [-0.2, 0) is 6.42 Å². The lowest BCUT2D eigenvalue weighted by atomic mass is 9.95. The fraction of sp³-hybridized carbons (Fsp3) is 0.316. The molecule has 2 nitrogen and oxygen atoms in total. The van der Waals surface area contributed by atoms with Gasteiger partial charge in [0.25, 0.3) is 0 Å². The number of ether oxygens (including phenoxy) is 1. The van der Waals surface area contributed by atoms with E-state index in [0.29, 0.717) is 12.3 Å². The van der Waals surface area contributed by atoms with Crippen LogP contribution in [0.3, 0.4) is 0 Å². The third-order valence-electron chi connectivity index (χ3n) is 3.96. The minimum Gasteiger partial charge on any atom is -0.496 e. The minimum atomic E-state index is 0.121. The van der Waals surface area contributed by atoms with E-state index < -0.39 is 0 Å². The Labute approximate surface area is 126 Å². The Kier molecular flexibility index (Phi) is 5.15. The van der Waals surface area contributed by atoms with Crippen LogP contribution >= 0.6 is 0 Å². The molecule has 0 saturated heterocycles. The summed E-state index contributed by atoms with van der Waals surface area (Å²) in [5.74, 6) is 1.42. The van der Waals surface area contributed by atoms with Gasteiger partial charge in [-0.25, -0.2) is 0 Å². The maximum absolute atomic E-state index is 12.4. The van der Waals surface area contributed by atoms with E-state index in [2.05, 4.69) is 26.0 Å². The number of carbonyl (C=O) groups excluding carboxylic acids is 1. The Balaban J connectivity index is 2.13. The van der Waals surface area contributed by atoms with Crippen LogP contribution in [0.5, 0.6) is 5.75 Å². The summed E-state index contributed by atoms with van der Waals surface area (Å²) in [6.45, 7) is 4.37. The van der Waals surface area contributed by atoms with Crippen LogP contribution in [-0.4, -0.2) is 12.9 Å². The number of methoxy groups -OCH3 is 1. The van der Waals surface area contributed by atoms with Gasteiger partial charge in [-0.1, -0.05) is 56.3 Å². The Morgan fingerprint density at radius 1 is 1.10 bits per heavy atom. The molecule has 0 amide bonds. The first kappa shape index (κ1) is 15.3. The molecule has 1 unspecified atom stereocenters. The molecule has 0 aromatic heterocycles. The van der Waals surface area contributed by atoms with Crippen LogP contribution in [0.4, 0.5) is 0 Å². The number of hydrogen-bond donors (Lipinski definition) is 0. The number of hydrogen-bond acceptors (Lipinski definition) is 2. The average molecular weight is 282 g/mol. The molecule has 0 aliphatic heterocycles. The second kappa shape index (κ2) is 7.07. The lowest BCUT2D eigenvalue weighted by Gasteiger charge is -2.10. The molecule has 0 N–H and O–H groups in total. The van der Waals surface area contributed by atoms with Crippen molar-refractivity contribution in [3.8, 4) is 5.75 Å². The Hall–Kier alpha value is -2.09. The molecule has 21 heavy (non-hydrogen) atoms. The third-order valence-corrected chi connectivity index (χ3v) is 3.96. The summed E-state index contributed by atoms with van der Waals surface area (Å²) in [5, 5.41) is 0. The first-order valence-electron chi connectivity index (χ1n) is 7.40. The molecule has 0 fully saturated rings. The highest BCUT2D eigenvalue weighted by molar-refractivity contribution is 5.97. The van der Waals surface area contributed by atoms with Gasteiger partial charge in [0.1, 0.15) is 5.75 Å². The summed E-state index contributed by atoms with van der Waals surface area (Å²) in [5.41, 5.74) is 2.97. The van der Waals surface area contributed by atoms with Crippen molar-refractivity contribution in [1.29, 1.82) is 0 Å². The van der Waals surface area contributed by atoms with E-state index in [1.54, 1.807) is 7.11 Å². The van der Waals surface area contributed by atoms with E-state index in [4.69, 9.17) is 4.74 Å². The van der Waals surface area contributed by atoms with Crippen molar-refractivity contribution in [2.45, 2.75) is 32.6 Å². The topological polar surface area (TPSA) is 26.3 Å². The Morgan fingerprint density at radius 3 is 2.38 bits per heavy atom. The molecule has 0 aliphatic carbocycles. The molecule has 2 aromatic carbocycles.